The van der Waals surface area contributed by atoms with Crippen molar-refractivity contribution in [1.29, 1.82) is 0 Å². The lowest BCUT2D eigenvalue weighted by atomic mass is 9.78. The van der Waals surface area contributed by atoms with Crippen LogP contribution in [-0.4, -0.2) is 31.6 Å². The number of rotatable bonds is 6. The predicted octanol–water partition coefficient (Wildman–Crippen LogP) is 3.19. The summed E-state index contributed by atoms with van der Waals surface area (Å²) < 4.78 is 10.2. The normalized spacial score (nSPS) is 23.2. The largest absolute Gasteiger partial charge is 0.496 e. The van der Waals surface area contributed by atoms with Gasteiger partial charge in [-0.25, -0.2) is 4.79 Å². The number of benzene rings is 1. The van der Waals surface area contributed by atoms with Crippen molar-refractivity contribution in [3.8, 4) is 5.75 Å². The molecule has 0 saturated heterocycles. The van der Waals surface area contributed by atoms with E-state index in [0.717, 1.165) is 18.4 Å². The van der Waals surface area contributed by atoms with Crippen LogP contribution in [0.3, 0.4) is 0 Å². The Morgan fingerprint density at radius 3 is 2.76 bits per heavy atom. The maximum absolute atomic E-state index is 12.0. The van der Waals surface area contributed by atoms with Gasteiger partial charge < -0.3 is 14.8 Å². The van der Waals surface area contributed by atoms with Gasteiger partial charge in [-0.1, -0.05) is 44.9 Å². The molecule has 25 heavy (non-hydrogen) atoms. The van der Waals surface area contributed by atoms with Gasteiger partial charge in [-0.2, -0.15) is 0 Å². The minimum atomic E-state index is -0.550. The Hall–Kier alpha value is -2.30. The van der Waals surface area contributed by atoms with E-state index >= 15 is 0 Å². The van der Waals surface area contributed by atoms with Gasteiger partial charge in [-0.05, 0) is 30.4 Å². The van der Waals surface area contributed by atoms with Crippen molar-refractivity contribution in [2.75, 3.05) is 13.7 Å². The van der Waals surface area contributed by atoms with E-state index in [0.29, 0.717) is 17.6 Å². The average Bonchev–Trinajstić information content (AvgIpc) is 2.62. The highest BCUT2D eigenvalue weighted by atomic mass is 16.5. The molecule has 1 aliphatic rings. The molecule has 1 aromatic rings. The van der Waals surface area contributed by atoms with Crippen molar-refractivity contribution in [1.82, 2.24) is 5.32 Å². The van der Waals surface area contributed by atoms with Crippen LogP contribution < -0.4 is 10.1 Å². The Balaban J connectivity index is 1.79. The van der Waals surface area contributed by atoms with E-state index < -0.39 is 5.97 Å². The molecule has 1 aliphatic carbocycles. The zero-order chi connectivity index (χ0) is 18.2. The van der Waals surface area contributed by atoms with Gasteiger partial charge in [0.2, 0.25) is 0 Å². The summed E-state index contributed by atoms with van der Waals surface area (Å²) in [6, 6.07) is 7.52. The molecule has 0 unspecified atom stereocenters. The van der Waals surface area contributed by atoms with Gasteiger partial charge in [0.1, 0.15) is 5.75 Å². The highest BCUT2D eigenvalue weighted by molar-refractivity contribution is 5.89. The molecule has 0 heterocycles. The third kappa shape index (κ3) is 5.62. The van der Waals surface area contributed by atoms with Crippen molar-refractivity contribution in [2.24, 2.45) is 11.8 Å². The lowest BCUT2D eigenvalue weighted by Gasteiger charge is -2.34. The maximum atomic E-state index is 12.0. The zero-order valence-corrected chi connectivity index (χ0v) is 15.2. The lowest BCUT2D eigenvalue weighted by molar-refractivity contribution is -0.144. The topological polar surface area (TPSA) is 64.6 Å². The van der Waals surface area contributed by atoms with E-state index in [2.05, 4.69) is 19.2 Å². The minimum absolute atomic E-state index is 0.166. The second-order valence-electron chi connectivity index (χ2n) is 6.62. The number of para-hydroxylation sites is 1. The summed E-state index contributed by atoms with van der Waals surface area (Å²) in [6.45, 7) is 4.12. The van der Waals surface area contributed by atoms with Crippen LogP contribution in [0.15, 0.2) is 30.3 Å². The summed E-state index contributed by atoms with van der Waals surface area (Å²) in [5.74, 6) is 0.921. The first-order chi connectivity index (χ1) is 12.0. The Labute approximate surface area is 149 Å². The number of nitrogens with one attached hydrogen (secondary N) is 1. The maximum Gasteiger partial charge on any atom is 0.331 e. The molecule has 2 rings (SSSR count). The van der Waals surface area contributed by atoms with Gasteiger partial charge in [-0.3, -0.25) is 4.79 Å². The summed E-state index contributed by atoms with van der Waals surface area (Å²) in [5, 5.41) is 2.99. The molecule has 1 aromatic carbocycles. The van der Waals surface area contributed by atoms with E-state index in [-0.39, 0.29) is 18.6 Å². The molecule has 5 nitrogen and oxygen atoms in total. The Kier molecular flexibility index (Phi) is 7.04. The lowest BCUT2D eigenvalue weighted by Crippen LogP contribution is -2.45. The summed E-state index contributed by atoms with van der Waals surface area (Å²) in [4.78, 5) is 23.8. The molecule has 1 fully saturated rings. The predicted molar refractivity (Wildman–Crippen MR) is 97.1 cm³/mol. The average molecular weight is 345 g/mol. The first-order valence-corrected chi connectivity index (χ1v) is 8.78. The van der Waals surface area contributed by atoms with Crippen LogP contribution in [0.1, 0.15) is 38.7 Å². The van der Waals surface area contributed by atoms with E-state index in [9.17, 15) is 9.59 Å². The van der Waals surface area contributed by atoms with Gasteiger partial charge >= 0.3 is 5.97 Å². The first kappa shape index (κ1) is 19.0. The summed E-state index contributed by atoms with van der Waals surface area (Å²) in [5.41, 5.74) is 0.774. The van der Waals surface area contributed by atoms with Gasteiger partial charge in [0.15, 0.2) is 6.61 Å². The Bertz CT molecular complexity index is 626. The Morgan fingerprint density at radius 1 is 1.24 bits per heavy atom. The van der Waals surface area contributed by atoms with Gasteiger partial charge in [0, 0.05) is 17.7 Å². The molecule has 3 atom stereocenters. The number of methoxy groups -OCH3 is 1. The molecule has 1 saturated carbocycles. The molecule has 0 radical (unpaired) electrons. The molecule has 0 spiro atoms. The number of hydrogen-bond acceptors (Lipinski definition) is 4. The number of esters is 1. The number of carbonyl (C=O) groups is 2. The molecule has 1 amide bonds. The van der Waals surface area contributed by atoms with Crippen molar-refractivity contribution < 1.29 is 19.1 Å². The third-order valence-corrected chi connectivity index (χ3v) is 4.94. The van der Waals surface area contributed by atoms with Crippen molar-refractivity contribution >= 4 is 18.0 Å². The number of ether oxygens (including phenoxy) is 2. The zero-order valence-electron chi connectivity index (χ0n) is 15.2. The van der Waals surface area contributed by atoms with E-state index in [4.69, 9.17) is 9.47 Å². The molecule has 136 valence electrons. The number of hydrogen-bond donors (Lipinski definition) is 1. The fourth-order valence-corrected chi connectivity index (χ4v) is 3.18. The highest BCUT2D eigenvalue weighted by Gasteiger charge is 2.28. The van der Waals surface area contributed by atoms with Crippen molar-refractivity contribution in [3.63, 3.8) is 0 Å². The summed E-state index contributed by atoms with van der Waals surface area (Å²) in [6.07, 6.45) is 6.23. The molecule has 0 aliphatic heterocycles. The van der Waals surface area contributed by atoms with Crippen LogP contribution in [-0.2, 0) is 14.3 Å². The quantitative estimate of drug-likeness (QED) is 0.635. The molecule has 5 heteroatoms. The molecule has 0 bridgehead atoms. The van der Waals surface area contributed by atoms with Crippen LogP contribution in [0.5, 0.6) is 5.75 Å². The highest BCUT2D eigenvalue weighted by Crippen LogP contribution is 2.29. The van der Waals surface area contributed by atoms with Crippen LogP contribution in [0.4, 0.5) is 0 Å². The van der Waals surface area contributed by atoms with E-state index in [1.54, 1.807) is 13.2 Å². The minimum Gasteiger partial charge on any atom is -0.496 e. The first-order valence-electron chi connectivity index (χ1n) is 8.78. The SMILES string of the molecule is COc1ccccc1/C=C/C(=O)OCC(=O)N[C@@H]1CCC[C@H](C)[C@H]1C. The molecule has 0 aromatic heterocycles. The second kappa shape index (κ2) is 9.25. The smallest absolute Gasteiger partial charge is 0.331 e. The van der Waals surface area contributed by atoms with Crippen molar-refractivity contribution in [2.45, 2.75) is 39.2 Å². The third-order valence-electron chi connectivity index (χ3n) is 4.94. The van der Waals surface area contributed by atoms with E-state index in [1.807, 2.05) is 24.3 Å². The fraction of sp³-hybridized carbons (Fsp3) is 0.500. The summed E-state index contributed by atoms with van der Waals surface area (Å²) >= 11 is 0. The van der Waals surface area contributed by atoms with Gasteiger partial charge in [-0.15, -0.1) is 0 Å². The van der Waals surface area contributed by atoms with Crippen LogP contribution >= 0.6 is 0 Å². The van der Waals surface area contributed by atoms with Crippen LogP contribution in [0, 0.1) is 11.8 Å². The fourth-order valence-electron chi connectivity index (χ4n) is 3.18. The number of amides is 1. The van der Waals surface area contributed by atoms with Crippen molar-refractivity contribution in [3.05, 3.63) is 35.9 Å². The summed E-state index contributed by atoms with van der Waals surface area (Å²) in [7, 11) is 1.57. The Morgan fingerprint density at radius 2 is 2.00 bits per heavy atom. The van der Waals surface area contributed by atoms with Gasteiger partial charge in [0.25, 0.3) is 5.91 Å². The number of carbonyl (C=O) groups excluding carboxylic acids is 2. The van der Waals surface area contributed by atoms with Crippen LogP contribution in [0.25, 0.3) is 6.08 Å². The van der Waals surface area contributed by atoms with Crippen LogP contribution in [0.2, 0.25) is 0 Å². The molecule has 1 N–H and O–H groups in total. The second-order valence-corrected chi connectivity index (χ2v) is 6.62. The molecular formula is C20H27NO4. The standard InChI is InChI=1S/C20H27NO4/c1-14-7-6-9-17(15(14)2)21-19(22)13-25-20(23)12-11-16-8-4-5-10-18(16)24-3/h4-5,8,10-12,14-15,17H,6-7,9,13H2,1-3H3,(H,21,22)/b12-11+/t14-,15+,17+/m0/s1. The van der Waals surface area contributed by atoms with Gasteiger partial charge in [0.05, 0.1) is 7.11 Å². The monoisotopic (exact) mass is 345 g/mol. The molecular weight excluding hydrogens is 318 g/mol. The van der Waals surface area contributed by atoms with E-state index in [1.165, 1.54) is 12.5 Å².